The summed E-state index contributed by atoms with van der Waals surface area (Å²) in [6, 6.07) is 9.06. The molecule has 0 atom stereocenters. The number of ether oxygens (including phenoxy) is 2. The number of rotatable bonds is 5. The van der Waals surface area contributed by atoms with Crippen molar-refractivity contribution in [2.75, 3.05) is 13.7 Å². The van der Waals surface area contributed by atoms with Crippen LogP contribution in [-0.2, 0) is 0 Å². The van der Waals surface area contributed by atoms with E-state index in [1.165, 1.54) is 19.2 Å². The van der Waals surface area contributed by atoms with Crippen molar-refractivity contribution >= 4 is 35.1 Å². The Hall–Kier alpha value is -2.95. The highest BCUT2D eigenvalue weighted by Crippen LogP contribution is 2.38. The minimum Gasteiger partial charge on any atom is -0.485 e. The lowest BCUT2D eigenvalue weighted by atomic mass is 10.2. The molecule has 0 aliphatic carbocycles. The summed E-state index contributed by atoms with van der Waals surface area (Å²) < 4.78 is 11.4. The standard InChI is InChI=1S/C18H16Cl2N4O3/c1-10-15(26-9-16(22)24(2)18(23)25)4-3-14(20)17(10)27-13-6-11(8-21)5-12(19)7-13/h3-7,22H,9H2,1-2H3,(H2,23,25). The normalized spacial score (nSPS) is 10.0. The number of halogens is 2. The topological polar surface area (TPSA) is 112 Å². The Balaban J connectivity index is 2.25. The van der Waals surface area contributed by atoms with Crippen LogP contribution in [0.25, 0.3) is 0 Å². The molecule has 3 N–H and O–H groups in total. The van der Waals surface area contributed by atoms with E-state index in [1.54, 1.807) is 25.1 Å². The van der Waals surface area contributed by atoms with Crippen molar-refractivity contribution in [3.63, 3.8) is 0 Å². The third-order valence-electron chi connectivity index (χ3n) is 3.63. The maximum absolute atomic E-state index is 11.1. The third-order valence-corrected chi connectivity index (χ3v) is 4.14. The van der Waals surface area contributed by atoms with Crippen LogP contribution >= 0.6 is 23.2 Å². The van der Waals surface area contributed by atoms with Crippen molar-refractivity contribution in [1.82, 2.24) is 4.90 Å². The van der Waals surface area contributed by atoms with Crippen LogP contribution in [0.1, 0.15) is 11.1 Å². The molecule has 0 radical (unpaired) electrons. The SMILES string of the molecule is Cc1c(OCC(=N)N(C)C(N)=O)ccc(Cl)c1Oc1cc(Cl)cc(C#N)c1. The van der Waals surface area contributed by atoms with E-state index >= 15 is 0 Å². The summed E-state index contributed by atoms with van der Waals surface area (Å²) in [5.74, 6) is 0.991. The van der Waals surface area contributed by atoms with Gasteiger partial charge in [0, 0.05) is 17.6 Å². The summed E-state index contributed by atoms with van der Waals surface area (Å²) in [6.45, 7) is 1.56. The molecular formula is C18H16Cl2N4O3. The van der Waals surface area contributed by atoms with Gasteiger partial charge in [0.2, 0.25) is 0 Å². The molecule has 2 aromatic carbocycles. The number of urea groups is 1. The molecule has 2 amide bonds. The minimum absolute atomic E-state index is 0.104. The molecule has 0 bridgehead atoms. The molecule has 0 spiro atoms. The fourth-order valence-electron chi connectivity index (χ4n) is 2.10. The number of nitriles is 1. The summed E-state index contributed by atoms with van der Waals surface area (Å²) >= 11 is 12.2. The van der Waals surface area contributed by atoms with Gasteiger partial charge in [-0.15, -0.1) is 0 Å². The fraction of sp³-hybridized carbons (Fsp3) is 0.167. The molecule has 0 unspecified atom stereocenters. The van der Waals surface area contributed by atoms with Crippen molar-refractivity contribution in [3.8, 4) is 23.3 Å². The highest BCUT2D eigenvalue weighted by Gasteiger charge is 2.15. The Kier molecular flexibility index (Phi) is 6.50. The Morgan fingerprint density at radius 1 is 1.33 bits per heavy atom. The molecule has 27 heavy (non-hydrogen) atoms. The molecule has 2 aromatic rings. The Labute approximate surface area is 166 Å². The van der Waals surface area contributed by atoms with E-state index in [2.05, 4.69) is 0 Å². The molecule has 0 saturated heterocycles. The zero-order valence-corrected chi connectivity index (χ0v) is 16.1. The lowest BCUT2D eigenvalue weighted by Gasteiger charge is -2.18. The minimum atomic E-state index is -0.755. The second-order valence-corrected chi connectivity index (χ2v) is 6.37. The Bertz CT molecular complexity index is 941. The van der Waals surface area contributed by atoms with Gasteiger partial charge in [0.1, 0.15) is 23.9 Å². The van der Waals surface area contributed by atoms with Gasteiger partial charge >= 0.3 is 6.03 Å². The first-order chi connectivity index (χ1) is 12.7. The number of benzene rings is 2. The van der Waals surface area contributed by atoms with Gasteiger partial charge in [0.15, 0.2) is 5.75 Å². The first kappa shape index (κ1) is 20.4. The van der Waals surface area contributed by atoms with Gasteiger partial charge in [-0.1, -0.05) is 23.2 Å². The van der Waals surface area contributed by atoms with Crippen LogP contribution in [0.15, 0.2) is 30.3 Å². The van der Waals surface area contributed by atoms with Crippen LogP contribution < -0.4 is 15.2 Å². The van der Waals surface area contributed by atoms with Crippen LogP contribution in [0.4, 0.5) is 4.79 Å². The monoisotopic (exact) mass is 406 g/mol. The molecule has 140 valence electrons. The molecular weight excluding hydrogens is 391 g/mol. The summed E-state index contributed by atoms with van der Waals surface area (Å²) in [6.07, 6.45) is 0. The van der Waals surface area contributed by atoms with E-state index in [0.717, 1.165) is 4.90 Å². The number of amidine groups is 1. The van der Waals surface area contributed by atoms with E-state index in [9.17, 15) is 4.79 Å². The predicted molar refractivity (Wildman–Crippen MR) is 103 cm³/mol. The maximum Gasteiger partial charge on any atom is 0.320 e. The Morgan fingerprint density at radius 2 is 2.04 bits per heavy atom. The molecule has 0 fully saturated rings. The molecule has 0 aromatic heterocycles. The average Bonchev–Trinajstić information content (AvgIpc) is 2.62. The number of primary amides is 1. The second-order valence-electron chi connectivity index (χ2n) is 5.52. The smallest absolute Gasteiger partial charge is 0.320 e. The number of hydrogen-bond acceptors (Lipinski definition) is 5. The molecule has 0 aliphatic heterocycles. The first-order valence-corrected chi connectivity index (χ1v) is 8.39. The maximum atomic E-state index is 11.1. The van der Waals surface area contributed by atoms with E-state index in [1.807, 2.05) is 6.07 Å². The highest BCUT2D eigenvalue weighted by atomic mass is 35.5. The highest BCUT2D eigenvalue weighted by molar-refractivity contribution is 6.32. The predicted octanol–water partition coefficient (Wildman–Crippen LogP) is 4.33. The zero-order chi connectivity index (χ0) is 20.1. The fourth-order valence-corrected chi connectivity index (χ4v) is 2.57. The zero-order valence-electron chi connectivity index (χ0n) is 14.5. The van der Waals surface area contributed by atoms with E-state index in [0.29, 0.717) is 38.4 Å². The molecule has 0 saturated carbocycles. The number of amides is 2. The van der Waals surface area contributed by atoms with Crippen molar-refractivity contribution in [3.05, 3.63) is 51.5 Å². The van der Waals surface area contributed by atoms with Crippen molar-refractivity contribution in [2.24, 2.45) is 5.73 Å². The van der Waals surface area contributed by atoms with E-state index in [4.69, 9.17) is 49.1 Å². The van der Waals surface area contributed by atoms with Gasteiger partial charge in [-0.25, -0.2) is 4.79 Å². The summed E-state index contributed by atoms with van der Waals surface area (Å²) in [5, 5.41) is 17.5. The van der Waals surface area contributed by atoms with Gasteiger partial charge in [0.05, 0.1) is 16.7 Å². The Morgan fingerprint density at radius 3 is 2.67 bits per heavy atom. The second kappa shape index (κ2) is 8.62. The van der Waals surface area contributed by atoms with Gasteiger partial charge in [-0.05, 0) is 37.3 Å². The largest absolute Gasteiger partial charge is 0.485 e. The lowest BCUT2D eigenvalue weighted by molar-refractivity contribution is 0.233. The van der Waals surface area contributed by atoms with Crippen LogP contribution in [0.3, 0.4) is 0 Å². The molecule has 0 aliphatic rings. The third kappa shape index (κ3) is 5.03. The van der Waals surface area contributed by atoms with E-state index < -0.39 is 6.03 Å². The molecule has 9 heteroatoms. The number of nitrogens with one attached hydrogen (secondary N) is 1. The van der Waals surface area contributed by atoms with Gasteiger partial charge in [0.25, 0.3) is 0 Å². The van der Waals surface area contributed by atoms with Crippen LogP contribution in [-0.4, -0.2) is 30.4 Å². The van der Waals surface area contributed by atoms with Crippen molar-refractivity contribution in [1.29, 1.82) is 10.7 Å². The van der Waals surface area contributed by atoms with Crippen LogP contribution in [0.5, 0.6) is 17.2 Å². The number of nitrogens with two attached hydrogens (primary N) is 1. The summed E-state index contributed by atoms with van der Waals surface area (Å²) in [4.78, 5) is 12.1. The average molecular weight is 407 g/mol. The van der Waals surface area contributed by atoms with Gasteiger partial charge in [-0.3, -0.25) is 10.3 Å². The van der Waals surface area contributed by atoms with E-state index in [-0.39, 0.29) is 12.4 Å². The van der Waals surface area contributed by atoms with Gasteiger partial charge in [-0.2, -0.15) is 5.26 Å². The summed E-state index contributed by atoms with van der Waals surface area (Å²) in [5.41, 5.74) is 6.05. The summed E-state index contributed by atoms with van der Waals surface area (Å²) in [7, 11) is 1.38. The quantitative estimate of drug-likeness (QED) is 0.567. The number of hydrogen-bond donors (Lipinski definition) is 2. The number of likely N-dealkylation sites (N-methyl/N-ethyl adjacent to an activating group) is 1. The number of nitrogens with zero attached hydrogens (tertiary/aromatic N) is 2. The van der Waals surface area contributed by atoms with Crippen LogP contribution in [0.2, 0.25) is 10.0 Å². The lowest BCUT2D eigenvalue weighted by Crippen LogP contribution is -2.39. The molecule has 0 heterocycles. The number of carbonyl (C=O) groups excluding carboxylic acids is 1. The van der Waals surface area contributed by atoms with Gasteiger partial charge < -0.3 is 15.2 Å². The molecule has 7 nitrogen and oxygen atoms in total. The number of carbonyl (C=O) groups is 1. The van der Waals surface area contributed by atoms with Crippen molar-refractivity contribution < 1.29 is 14.3 Å². The first-order valence-electron chi connectivity index (χ1n) is 7.64. The molecule has 2 rings (SSSR count). The van der Waals surface area contributed by atoms with Crippen molar-refractivity contribution in [2.45, 2.75) is 6.92 Å². The van der Waals surface area contributed by atoms with Crippen LogP contribution in [0, 0.1) is 23.7 Å².